The van der Waals surface area contributed by atoms with Crippen LogP contribution in [0.3, 0.4) is 0 Å². The molecule has 3 amide bonds. The Morgan fingerprint density at radius 1 is 1.18 bits per heavy atom. The van der Waals surface area contributed by atoms with Crippen LogP contribution in [0.2, 0.25) is 0 Å². The number of likely N-dealkylation sites (tertiary alicyclic amines) is 1. The number of phenols is 1. The van der Waals surface area contributed by atoms with Crippen molar-refractivity contribution in [1.82, 2.24) is 15.5 Å². The van der Waals surface area contributed by atoms with Crippen LogP contribution in [-0.2, 0) is 25.6 Å². The van der Waals surface area contributed by atoms with Crippen molar-refractivity contribution in [2.45, 2.75) is 63.7 Å². The van der Waals surface area contributed by atoms with Crippen molar-refractivity contribution in [2.24, 2.45) is 11.7 Å². The van der Waals surface area contributed by atoms with Gasteiger partial charge in [-0.25, -0.2) is 4.79 Å². The molecule has 1 fully saturated rings. The molecule has 5 unspecified atom stereocenters. The van der Waals surface area contributed by atoms with Gasteiger partial charge in [-0.05, 0) is 42.9 Å². The third kappa shape index (κ3) is 6.91. The molecule has 0 aliphatic carbocycles. The molecule has 0 spiro atoms. The molecule has 34 heavy (non-hydrogen) atoms. The molecule has 1 heterocycles. The van der Waals surface area contributed by atoms with Gasteiger partial charge in [-0.3, -0.25) is 14.4 Å². The van der Waals surface area contributed by atoms with E-state index in [1.54, 1.807) is 19.1 Å². The minimum Gasteiger partial charge on any atom is -0.508 e. The fraction of sp³-hybridized carbons (Fsp3) is 0.565. The minimum atomic E-state index is -1.49. The maximum Gasteiger partial charge on any atom is 0.328 e. The first-order valence-corrected chi connectivity index (χ1v) is 11.4. The number of carboxylic acids is 1. The van der Waals surface area contributed by atoms with Gasteiger partial charge in [-0.15, -0.1) is 0 Å². The lowest BCUT2D eigenvalue weighted by Gasteiger charge is -2.30. The Labute approximate surface area is 198 Å². The summed E-state index contributed by atoms with van der Waals surface area (Å²) in [6.07, 6.45) is 1.77. The lowest BCUT2D eigenvalue weighted by atomic mass is 9.97. The molecular formula is C23H34N4O7. The molecule has 0 aromatic heterocycles. The van der Waals surface area contributed by atoms with Gasteiger partial charge in [0.2, 0.25) is 17.7 Å². The highest BCUT2D eigenvalue weighted by molar-refractivity contribution is 5.94. The number of nitrogens with one attached hydrogen (secondary N) is 2. The van der Waals surface area contributed by atoms with Gasteiger partial charge in [0.25, 0.3) is 0 Å². The van der Waals surface area contributed by atoms with E-state index in [1.807, 2.05) is 6.92 Å². The van der Waals surface area contributed by atoms with Crippen molar-refractivity contribution < 1.29 is 34.5 Å². The zero-order chi connectivity index (χ0) is 25.4. The molecule has 0 bridgehead atoms. The van der Waals surface area contributed by atoms with Crippen LogP contribution in [0.1, 0.15) is 38.7 Å². The van der Waals surface area contributed by atoms with Gasteiger partial charge in [0.1, 0.15) is 23.9 Å². The Morgan fingerprint density at radius 2 is 1.82 bits per heavy atom. The van der Waals surface area contributed by atoms with E-state index in [2.05, 4.69) is 10.6 Å². The molecule has 1 aliphatic rings. The highest BCUT2D eigenvalue weighted by atomic mass is 16.4. The lowest BCUT2D eigenvalue weighted by Crippen LogP contribution is -2.58. The number of nitrogens with zero attached hydrogens (tertiary/aromatic N) is 1. The molecule has 2 rings (SSSR count). The molecule has 1 aromatic carbocycles. The van der Waals surface area contributed by atoms with Gasteiger partial charge in [-0.1, -0.05) is 32.4 Å². The zero-order valence-corrected chi connectivity index (χ0v) is 19.4. The largest absolute Gasteiger partial charge is 0.508 e. The van der Waals surface area contributed by atoms with E-state index < -0.39 is 48.6 Å². The quantitative estimate of drug-likeness (QED) is 0.242. The van der Waals surface area contributed by atoms with Gasteiger partial charge >= 0.3 is 5.97 Å². The molecule has 188 valence electrons. The number of aliphatic hydroxyl groups is 1. The second-order valence-electron chi connectivity index (χ2n) is 8.62. The Balaban J connectivity index is 2.08. The minimum absolute atomic E-state index is 0.105. The first-order chi connectivity index (χ1) is 16.1. The van der Waals surface area contributed by atoms with Crippen molar-refractivity contribution >= 4 is 23.7 Å². The Hall–Kier alpha value is -3.18. The topological polar surface area (TPSA) is 182 Å². The molecule has 11 nitrogen and oxygen atoms in total. The van der Waals surface area contributed by atoms with Crippen molar-refractivity contribution in [2.75, 3.05) is 13.2 Å². The number of hydrogen-bond acceptors (Lipinski definition) is 7. The van der Waals surface area contributed by atoms with E-state index in [4.69, 9.17) is 10.8 Å². The molecule has 1 aliphatic heterocycles. The van der Waals surface area contributed by atoms with Gasteiger partial charge < -0.3 is 36.6 Å². The fourth-order valence-corrected chi connectivity index (χ4v) is 3.89. The van der Waals surface area contributed by atoms with Gasteiger partial charge in [-0.2, -0.15) is 0 Å². The number of rotatable bonds is 11. The average molecular weight is 479 g/mol. The van der Waals surface area contributed by atoms with E-state index in [-0.39, 0.29) is 24.0 Å². The monoisotopic (exact) mass is 478 g/mol. The fourth-order valence-electron chi connectivity index (χ4n) is 3.89. The summed E-state index contributed by atoms with van der Waals surface area (Å²) in [5.41, 5.74) is 6.89. The predicted molar refractivity (Wildman–Crippen MR) is 123 cm³/mol. The first kappa shape index (κ1) is 27.1. The first-order valence-electron chi connectivity index (χ1n) is 11.4. The van der Waals surface area contributed by atoms with Crippen LogP contribution in [0, 0.1) is 5.92 Å². The van der Waals surface area contributed by atoms with Gasteiger partial charge in [0.05, 0.1) is 12.6 Å². The second-order valence-corrected chi connectivity index (χ2v) is 8.62. The van der Waals surface area contributed by atoms with Crippen LogP contribution >= 0.6 is 0 Å². The highest BCUT2D eigenvalue weighted by Crippen LogP contribution is 2.21. The number of carboxylic acid groups (broad SMARTS) is 1. The molecule has 11 heteroatoms. The van der Waals surface area contributed by atoms with Crippen LogP contribution in [0.15, 0.2) is 24.3 Å². The van der Waals surface area contributed by atoms with Crippen molar-refractivity contribution in [3.8, 4) is 5.75 Å². The normalized spacial score (nSPS) is 19.1. The second kappa shape index (κ2) is 12.3. The Morgan fingerprint density at radius 3 is 2.38 bits per heavy atom. The summed E-state index contributed by atoms with van der Waals surface area (Å²) in [7, 11) is 0. The standard InChI is InChI=1S/C23H34N4O7/c1-3-13(2)19(21(31)25-17(12-28)23(33)34)26-20(30)18-5-4-10-27(18)22(32)16(24)11-14-6-8-15(29)9-7-14/h6-9,13,16-19,28-29H,3-5,10-12,24H2,1-2H3,(H,25,31)(H,26,30)(H,33,34). The van der Waals surface area contributed by atoms with Crippen molar-refractivity contribution in [1.29, 1.82) is 0 Å². The highest BCUT2D eigenvalue weighted by Gasteiger charge is 2.38. The molecule has 0 radical (unpaired) electrons. The molecule has 1 saturated heterocycles. The zero-order valence-electron chi connectivity index (χ0n) is 19.4. The lowest BCUT2D eigenvalue weighted by molar-refractivity contribution is -0.144. The van der Waals surface area contributed by atoms with Crippen LogP contribution in [0.25, 0.3) is 0 Å². The van der Waals surface area contributed by atoms with Gasteiger partial charge in [0, 0.05) is 6.54 Å². The summed E-state index contributed by atoms with van der Waals surface area (Å²) >= 11 is 0. The van der Waals surface area contributed by atoms with Gasteiger partial charge in [0.15, 0.2) is 0 Å². The predicted octanol–water partition coefficient (Wildman–Crippen LogP) is -0.654. The van der Waals surface area contributed by atoms with Crippen LogP contribution in [-0.4, -0.2) is 81.2 Å². The van der Waals surface area contributed by atoms with Crippen molar-refractivity contribution in [3.05, 3.63) is 29.8 Å². The summed E-state index contributed by atoms with van der Waals surface area (Å²) in [4.78, 5) is 51.4. The molecule has 7 N–H and O–H groups in total. The number of hydrogen-bond donors (Lipinski definition) is 6. The van der Waals surface area contributed by atoms with E-state index in [9.17, 15) is 29.4 Å². The number of aliphatic hydroxyl groups excluding tert-OH is 1. The number of nitrogens with two attached hydrogens (primary N) is 1. The van der Waals surface area contributed by atoms with E-state index in [1.165, 1.54) is 17.0 Å². The van der Waals surface area contributed by atoms with Crippen LogP contribution in [0.5, 0.6) is 5.75 Å². The molecule has 0 saturated carbocycles. The van der Waals surface area contributed by atoms with Crippen LogP contribution in [0.4, 0.5) is 0 Å². The average Bonchev–Trinajstić information content (AvgIpc) is 3.30. The summed E-state index contributed by atoms with van der Waals surface area (Å²) in [6.45, 7) is 3.13. The van der Waals surface area contributed by atoms with E-state index in [0.29, 0.717) is 25.8 Å². The maximum absolute atomic E-state index is 13.1. The number of carbonyl (C=O) groups is 4. The summed E-state index contributed by atoms with van der Waals surface area (Å²) < 4.78 is 0. The third-order valence-corrected chi connectivity index (χ3v) is 6.14. The summed E-state index contributed by atoms with van der Waals surface area (Å²) in [5, 5.41) is 32.6. The van der Waals surface area contributed by atoms with Crippen LogP contribution < -0.4 is 16.4 Å². The van der Waals surface area contributed by atoms with E-state index >= 15 is 0 Å². The summed E-state index contributed by atoms with van der Waals surface area (Å²) in [5.74, 6) is -3.22. The molecule has 1 aromatic rings. The number of benzene rings is 1. The Kier molecular flexibility index (Phi) is 9.82. The number of amides is 3. The molecular weight excluding hydrogens is 444 g/mol. The summed E-state index contributed by atoms with van der Waals surface area (Å²) in [6, 6.07) is 2.14. The Bertz CT molecular complexity index is 877. The number of phenolic OH excluding ortho intramolecular Hbond substituents is 1. The number of carbonyl (C=O) groups excluding carboxylic acids is 3. The molecule has 5 atom stereocenters. The SMILES string of the molecule is CCC(C)C(NC(=O)C1CCCN1C(=O)C(N)Cc1ccc(O)cc1)C(=O)NC(CO)C(=O)O. The maximum atomic E-state index is 13.1. The number of aromatic hydroxyl groups is 1. The van der Waals surface area contributed by atoms with E-state index in [0.717, 1.165) is 5.56 Å². The number of aliphatic carboxylic acids is 1. The smallest absolute Gasteiger partial charge is 0.328 e. The van der Waals surface area contributed by atoms with Crippen molar-refractivity contribution in [3.63, 3.8) is 0 Å². The third-order valence-electron chi connectivity index (χ3n) is 6.14.